The molecule has 33 heavy (non-hydrogen) atoms. The Morgan fingerprint density at radius 2 is 1.85 bits per heavy atom. The number of carbonyl (C=O) groups excluding carboxylic acids is 1. The van der Waals surface area contributed by atoms with Gasteiger partial charge in [-0.15, -0.1) is 0 Å². The molecule has 0 aliphatic rings. The number of rotatable bonds is 6. The monoisotopic (exact) mass is 444 g/mol. The fraction of sp³-hybridized carbons (Fsp3) is 0.296. The largest absolute Gasteiger partial charge is 0.444 e. The van der Waals surface area contributed by atoms with Crippen molar-refractivity contribution in [1.82, 2.24) is 15.3 Å². The molecule has 1 aromatic carbocycles. The van der Waals surface area contributed by atoms with Crippen molar-refractivity contribution in [3.8, 4) is 11.1 Å². The zero-order valence-electron chi connectivity index (χ0n) is 20.0. The van der Waals surface area contributed by atoms with E-state index < -0.39 is 11.7 Å². The number of pyridine rings is 2. The number of aromatic nitrogens is 2. The van der Waals surface area contributed by atoms with Crippen molar-refractivity contribution >= 4 is 22.6 Å². The molecule has 6 nitrogen and oxygen atoms in total. The lowest BCUT2D eigenvalue weighted by Gasteiger charge is -2.19. The number of hydrogen-bond acceptors (Lipinski definition) is 5. The molecule has 0 aliphatic heterocycles. The van der Waals surface area contributed by atoms with E-state index in [9.17, 15) is 4.79 Å². The third-order valence-corrected chi connectivity index (χ3v) is 5.01. The number of nitrogens with zero attached hydrogens (tertiary/aromatic N) is 2. The molecule has 0 spiro atoms. The molecule has 1 amide bonds. The van der Waals surface area contributed by atoms with Crippen molar-refractivity contribution in [3.05, 3.63) is 77.8 Å². The Kier molecular flexibility index (Phi) is 7.61. The number of alkyl carbamates (subject to hydrolysis) is 1. The SMILES string of the molecule is C/C(=C\C=C(/C)c1nc2ccnc(CN)c2cc1-c1ccccc1)CNC(=O)OC(C)(C)C. The van der Waals surface area contributed by atoms with Crippen LogP contribution in [0.3, 0.4) is 0 Å². The highest BCUT2D eigenvalue weighted by molar-refractivity contribution is 5.91. The van der Waals surface area contributed by atoms with Crippen LogP contribution >= 0.6 is 0 Å². The second-order valence-electron chi connectivity index (χ2n) is 9.00. The summed E-state index contributed by atoms with van der Waals surface area (Å²) >= 11 is 0. The maximum Gasteiger partial charge on any atom is 0.407 e. The van der Waals surface area contributed by atoms with Crippen LogP contribution in [-0.2, 0) is 11.3 Å². The molecule has 172 valence electrons. The van der Waals surface area contributed by atoms with Crippen LogP contribution in [0.4, 0.5) is 4.79 Å². The number of fused-ring (bicyclic) bond motifs is 1. The van der Waals surface area contributed by atoms with Gasteiger partial charge in [0.05, 0.1) is 16.9 Å². The van der Waals surface area contributed by atoms with Crippen LogP contribution in [-0.4, -0.2) is 28.2 Å². The van der Waals surface area contributed by atoms with Gasteiger partial charge in [0, 0.05) is 30.2 Å². The zero-order valence-corrected chi connectivity index (χ0v) is 20.0. The maximum atomic E-state index is 11.9. The molecule has 0 unspecified atom stereocenters. The number of benzene rings is 1. The van der Waals surface area contributed by atoms with Gasteiger partial charge in [0.15, 0.2) is 0 Å². The second kappa shape index (κ2) is 10.4. The van der Waals surface area contributed by atoms with Gasteiger partial charge in [-0.25, -0.2) is 9.78 Å². The fourth-order valence-electron chi connectivity index (χ4n) is 3.39. The average molecular weight is 445 g/mol. The molecule has 6 heteroatoms. The van der Waals surface area contributed by atoms with Gasteiger partial charge in [-0.2, -0.15) is 0 Å². The van der Waals surface area contributed by atoms with Gasteiger partial charge < -0.3 is 15.8 Å². The first kappa shape index (κ1) is 24.1. The fourth-order valence-corrected chi connectivity index (χ4v) is 3.39. The van der Waals surface area contributed by atoms with E-state index in [0.29, 0.717) is 13.1 Å². The Bertz CT molecular complexity index is 1190. The molecule has 3 N–H and O–H groups in total. The van der Waals surface area contributed by atoms with E-state index in [1.54, 1.807) is 6.20 Å². The van der Waals surface area contributed by atoms with Crippen molar-refractivity contribution < 1.29 is 9.53 Å². The third-order valence-electron chi connectivity index (χ3n) is 5.01. The van der Waals surface area contributed by atoms with Gasteiger partial charge >= 0.3 is 6.09 Å². The van der Waals surface area contributed by atoms with E-state index in [1.165, 1.54) is 0 Å². The highest BCUT2D eigenvalue weighted by Crippen LogP contribution is 2.31. The van der Waals surface area contributed by atoms with E-state index in [4.69, 9.17) is 15.5 Å². The first-order chi connectivity index (χ1) is 15.7. The molecule has 0 aliphatic carbocycles. The molecular weight excluding hydrogens is 412 g/mol. The lowest BCUT2D eigenvalue weighted by atomic mass is 9.97. The topological polar surface area (TPSA) is 90.1 Å². The molecule has 0 radical (unpaired) electrons. The normalized spacial score (nSPS) is 12.7. The summed E-state index contributed by atoms with van der Waals surface area (Å²) in [7, 11) is 0. The summed E-state index contributed by atoms with van der Waals surface area (Å²) in [4.78, 5) is 21.3. The predicted octanol–water partition coefficient (Wildman–Crippen LogP) is 5.63. The van der Waals surface area contributed by atoms with Crippen molar-refractivity contribution in [2.75, 3.05) is 6.54 Å². The van der Waals surface area contributed by atoms with Crippen LogP contribution in [0.1, 0.15) is 46.0 Å². The Morgan fingerprint density at radius 1 is 1.12 bits per heavy atom. The Balaban J connectivity index is 1.93. The van der Waals surface area contributed by atoms with E-state index in [-0.39, 0.29) is 0 Å². The Hall–Kier alpha value is -3.51. The molecule has 0 fully saturated rings. The highest BCUT2D eigenvalue weighted by Gasteiger charge is 2.16. The van der Waals surface area contributed by atoms with Crippen LogP contribution in [0.15, 0.2) is 66.4 Å². The summed E-state index contributed by atoms with van der Waals surface area (Å²) in [5, 5.41) is 3.75. The number of ether oxygens (including phenoxy) is 1. The molecule has 3 aromatic rings. The summed E-state index contributed by atoms with van der Waals surface area (Å²) in [6, 6.07) is 14.2. The number of hydrogen-bond donors (Lipinski definition) is 2. The van der Waals surface area contributed by atoms with Crippen molar-refractivity contribution in [1.29, 1.82) is 0 Å². The quantitative estimate of drug-likeness (QED) is 0.481. The third kappa shape index (κ3) is 6.49. The average Bonchev–Trinajstić information content (AvgIpc) is 2.79. The summed E-state index contributed by atoms with van der Waals surface area (Å²) < 4.78 is 5.29. The first-order valence-corrected chi connectivity index (χ1v) is 11.0. The Labute approximate surface area is 195 Å². The molecule has 3 rings (SSSR count). The van der Waals surface area contributed by atoms with E-state index in [0.717, 1.165) is 44.6 Å². The van der Waals surface area contributed by atoms with Gasteiger partial charge in [0.25, 0.3) is 0 Å². The van der Waals surface area contributed by atoms with Gasteiger partial charge in [-0.3, -0.25) is 4.98 Å². The summed E-state index contributed by atoms with van der Waals surface area (Å²) in [5.41, 5.74) is 12.1. The summed E-state index contributed by atoms with van der Waals surface area (Å²) in [5.74, 6) is 0. The lowest BCUT2D eigenvalue weighted by molar-refractivity contribution is 0.0532. The van der Waals surface area contributed by atoms with Crippen LogP contribution in [0.2, 0.25) is 0 Å². The lowest BCUT2D eigenvalue weighted by Crippen LogP contribution is -2.33. The number of carbonyl (C=O) groups is 1. The highest BCUT2D eigenvalue weighted by atomic mass is 16.6. The summed E-state index contributed by atoms with van der Waals surface area (Å²) in [6.07, 6.45) is 5.33. The predicted molar refractivity (Wildman–Crippen MR) is 135 cm³/mol. The minimum Gasteiger partial charge on any atom is -0.444 e. The van der Waals surface area contributed by atoms with E-state index >= 15 is 0 Å². The van der Waals surface area contributed by atoms with Gasteiger partial charge in [-0.1, -0.05) is 48.1 Å². The molecule has 0 saturated carbocycles. The first-order valence-electron chi connectivity index (χ1n) is 11.0. The molecular formula is C27H32N4O2. The van der Waals surface area contributed by atoms with Gasteiger partial charge in [0.1, 0.15) is 5.60 Å². The smallest absolute Gasteiger partial charge is 0.407 e. The number of nitrogens with two attached hydrogens (primary N) is 1. The zero-order chi connectivity index (χ0) is 24.0. The van der Waals surface area contributed by atoms with Gasteiger partial charge in [-0.05, 0) is 57.9 Å². The van der Waals surface area contributed by atoms with Gasteiger partial charge in [0.2, 0.25) is 0 Å². The minimum atomic E-state index is -0.521. The second-order valence-corrected chi connectivity index (χ2v) is 9.00. The summed E-state index contributed by atoms with van der Waals surface area (Å²) in [6.45, 7) is 10.3. The minimum absolute atomic E-state index is 0.355. The number of allylic oxidation sites excluding steroid dienone is 3. The number of nitrogens with one attached hydrogen (secondary N) is 1. The standard InChI is InChI=1S/C27H32N4O2/c1-18(17-30-26(32)33-27(3,4)5)11-12-19(2)25-21(20-9-7-6-8-10-20)15-22-23(31-25)13-14-29-24(22)16-28/h6-15H,16-17,28H2,1-5H3,(H,30,32)/b18-11+,19-12+. The van der Waals surface area contributed by atoms with E-state index in [1.807, 2.05) is 71.0 Å². The van der Waals surface area contributed by atoms with Crippen molar-refractivity contribution in [3.63, 3.8) is 0 Å². The molecule has 0 saturated heterocycles. The van der Waals surface area contributed by atoms with Crippen molar-refractivity contribution in [2.45, 2.75) is 46.8 Å². The van der Waals surface area contributed by atoms with Crippen LogP contribution in [0, 0.1) is 0 Å². The maximum absolute atomic E-state index is 11.9. The van der Waals surface area contributed by atoms with Crippen LogP contribution in [0.25, 0.3) is 27.6 Å². The van der Waals surface area contributed by atoms with Crippen LogP contribution in [0.5, 0.6) is 0 Å². The van der Waals surface area contributed by atoms with E-state index in [2.05, 4.69) is 28.5 Å². The molecule has 2 heterocycles. The number of amides is 1. The van der Waals surface area contributed by atoms with Crippen molar-refractivity contribution in [2.24, 2.45) is 5.73 Å². The molecule has 2 aromatic heterocycles. The van der Waals surface area contributed by atoms with Crippen LogP contribution < -0.4 is 11.1 Å². The molecule has 0 bridgehead atoms. The molecule has 0 atom stereocenters. The Morgan fingerprint density at radius 3 is 2.52 bits per heavy atom.